The Hall–Kier alpha value is -1.62. The van der Waals surface area contributed by atoms with E-state index in [0.29, 0.717) is 18.0 Å². The molecule has 110 valence electrons. The Morgan fingerprint density at radius 3 is 2.60 bits per heavy atom. The van der Waals surface area contributed by atoms with Crippen molar-refractivity contribution in [3.05, 3.63) is 28.8 Å². The van der Waals surface area contributed by atoms with Crippen LogP contribution in [0.25, 0.3) is 0 Å². The molecule has 0 heterocycles. The van der Waals surface area contributed by atoms with E-state index in [2.05, 4.69) is 6.07 Å². The lowest BCUT2D eigenvalue weighted by molar-refractivity contribution is -0.131. The molecule has 4 nitrogen and oxygen atoms in total. The van der Waals surface area contributed by atoms with E-state index in [1.54, 1.807) is 11.9 Å². The Morgan fingerprint density at radius 1 is 1.35 bits per heavy atom. The van der Waals surface area contributed by atoms with Crippen LogP contribution in [0.3, 0.4) is 0 Å². The van der Waals surface area contributed by atoms with E-state index in [1.807, 2.05) is 26.8 Å². The molecule has 1 aromatic rings. The third-order valence-electron chi connectivity index (χ3n) is 3.23. The lowest BCUT2D eigenvalue weighted by Crippen LogP contribution is -2.33. The number of ether oxygens (including phenoxy) is 1. The Kier molecular flexibility index (Phi) is 5.95. The number of likely N-dealkylation sites (N-methyl/N-ethyl adjacent to an activating group) is 1. The molecule has 2 N–H and O–H groups in total. The number of benzene rings is 1. The predicted octanol–water partition coefficient (Wildman–Crippen LogP) is 2.13. The van der Waals surface area contributed by atoms with Crippen molar-refractivity contribution in [3.8, 4) is 5.75 Å². The molecule has 0 atom stereocenters. The molecular formula is C15H22N2O2S. The van der Waals surface area contributed by atoms with E-state index in [-0.39, 0.29) is 12.5 Å². The molecule has 20 heavy (non-hydrogen) atoms. The fraction of sp³-hybridized carbons (Fsp3) is 0.467. The zero-order chi connectivity index (χ0) is 15.3. The van der Waals surface area contributed by atoms with Crippen molar-refractivity contribution in [1.29, 1.82) is 0 Å². The number of aryl methyl sites for hydroxylation is 2. The van der Waals surface area contributed by atoms with Gasteiger partial charge in [-0.05, 0) is 43.5 Å². The molecule has 0 aliphatic rings. The summed E-state index contributed by atoms with van der Waals surface area (Å²) in [6.45, 7) is 6.58. The van der Waals surface area contributed by atoms with Crippen LogP contribution in [-0.4, -0.2) is 36.0 Å². The van der Waals surface area contributed by atoms with Gasteiger partial charge in [0, 0.05) is 20.0 Å². The van der Waals surface area contributed by atoms with Crippen LogP contribution >= 0.6 is 12.2 Å². The maximum absolute atomic E-state index is 11.9. The molecule has 0 saturated carbocycles. The van der Waals surface area contributed by atoms with E-state index in [4.69, 9.17) is 22.7 Å². The first kappa shape index (κ1) is 16.4. The minimum absolute atomic E-state index is 0.0254. The van der Waals surface area contributed by atoms with Gasteiger partial charge in [0.15, 0.2) is 6.61 Å². The summed E-state index contributed by atoms with van der Waals surface area (Å²) >= 11 is 4.80. The number of amides is 1. The molecule has 0 fully saturated rings. The van der Waals surface area contributed by atoms with Gasteiger partial charge in [-0.2, -0.15) is 0 Å². The van der Waals surface area contributed by atoms with Crippen molar-refractivity contribution in [2.24, 2.45) is 5.73 Å². The number of carbonyl (C=O) groups excluding carboxylic acids is 1. The van der Waals surface area contributed by atoms with Gasteiger partial charge >= 0.3 is 0 Å². The molecule has 1 aromatic carbocycles. The second-order valence-corrected chi connectivity index (χ2v) is 5.55. The third kappa shape index (κ3) is 4.81. The molecule has 0 radical (unpaired) electrons. The number of rotatable bonds is 6. The summed E-state index contributed by atoms with van der Waals surface area (Å²) in [7, 11) is 1.72. The molecule has 0 bridgehead atoms. The van der Waals surface area contributed by atoms with Gasteiger partial charge in [0.2, 0.25) is 0 Å². The molecule has 0 unspecified atom stereocenters. The standard InChI is InChI=1S/C15H22N2O2S/c1-10-7-11(2)12(3)13(8-10)19-9-15(18)17(4)6-5-14(16)20/h7-8H,5-6,9H2,1-4H3,(H2,16,20). The fourth-order valence-corrected chi connectivity index (χ4v) is 1.89. The van der Waals surface area contributed by atoms with Crippen LogP contribution in [0.1, 0.15) is 23.1 Å². The van der Waals surface area contributed by atoms with Gasteiger partial charge < -0.3 is 15.4 Å². The smallest absolute Gasteiger partial charge is 0.260 e. The predicted molar refractivity (Wildman–Crippen MR) is 85.2 cm³/mol. The molecule has 1 rings (SSSR count). The normalized spacial score (nSPS) is 10.2. The number of nitrogens with two attached hydrogens (primary N) is 1. The van der Waals surface area contributed by atoms with Crippen LogP contribution < -0.4 is 10.5 Å². The first-order valence-corrected chi connectivity index (χ1v) is 6.95. The molecule has 5 heteroatoms. The summed E-state index contributed by atoms with van der Waals surface area (Å²) in [5, 5.41) is 0. The van der Waals surface area contributed by atoms with Gasteiger partial charge in [0.25, 0.3) is 5.91 Å². The Bertz CT molecular complexity index is 515. The maximum atomic E-state index is 11.9. The van der Waals surface area contributed by atoms with Gasteiger partial charge in [0.1, 0.15) is 5.75 Å². The van der Waals surface area contributed by atoms with Crippen molar-refractivity contribution in [1.82, 2.24) is 4.90 Å². The van der Waals surface area contributed by atoms with Crippen LogP contribution in [0, 0.1) is 20.8 Å². The fourth-order valence-electron chi connectivity index (χ4n) is 1.80. The van der Waals surface area contributed by atoms with Gasteiger partial charge in [0.05, 0.1) is 4.99 Å². The summed E-state index contributed by atoms with van der Waals surface area (Å²) in [5.74, 6) is 0.679. The Balaban J connectivity index is 2.59. The average molecular weight is 294 g/mol. The third-order valence-corrected chi connectivity index (χ3v) is 3.44. The first-order chi connectivity index (χ1) is 9.31. The van der Waals surface area contributed by atoms with Crippen molar-refractivity contribution in [2.45, 2.75) is 27.2 Å². The lowest BCUT2D eigenvalue weighted by atomic mass is 10.1. The van der Waals surface area contributed by atoms with Crippen LogP contribution in [0.15, 0.2) is 12.1 Å². The summed E-state index contributed by atoms with van der Waals surface area (Å²) in [4.78, 5) is 13.9. The van der Waals surface area contributed by atoms with Crippen LogP contribution in [0.5, 0.6) is 5.75 Å². The minimum Gasteiger partial charge on any atom is -0.483 e. The summed E-state index contributed by atoms with van der Waals surface area (Å²) in [6, 6.07) is 4.04. The van der Waals surface area contributed by atoms with Crippen molar-refractivity contribution in [3.63, 3.8) is 0 Å². The van der Waals surface area contributed by atoms with Gasteiger partial charge in [-0.1, -0.05) is 18.3 Å². The van der Waals surface area contributed by atoms with E-state index >= 15 is 0 Å². The van der Waals surface area contributed by atoms with E-state index in [9.17, 15) is 4.79 Å². The van der Waals surface area contributed by atoms with Gasteiger partial charge in [-0.15, -0.1) is 0 Å². The molecule has 0 aliphatic heterocycles. The van der Waals surface area contributed by atoms with E-state index < -0.39 is 0 Å². The average Bonchev–Trinajstić information content (AvgIpc) is 2.37. The topological polar surface area (TPSA) is 55.6 Å². The van der Waals surface area contributed by atoms with Crippen molar-refractivity contribution in [2.75, 3.05) is 20.2 Å². The zero-order valence-corrected chi connectivity index (χ0v) is 13.3. The Morgan fingerprint density at radius 2 is 2.00 bits per heavy atom. The minimum atomic E-state index is -0.0835. The maximum Gasteiger partial charge on any atom is 0.260 e. The van der Waals surface area contributed by atoms with Gasteiger partial charge in [-0.25, -0.2) is 0 Å². The molecule has 0 saturated heterocycles. The monoisotopic (exact) mass is 294 g/mol. The molecule has 1 amide bonds. The molecular weight excluding hydrogens is 272 g/mol. The van der Waals surface area contributed by atoms with E-state index in [0.717, 1.165) is 22.4 Å². The zero-order valence-electron chi connectivity index (χ0n) is 12.5. The quantitative estimate of drug-likeness (QED) is 0.817. The lowest BCUT2D eigenvalue weighted by Gasteiger charge is -2.18. The van der Waals surface area contributed by atoms with Crippen molar-refractivity contribution >= 4 is 23.1 Å². The SMILES string of the molecule is Cc1cc(C)c(C)c(OCC(=O)N(C)CCC(N)=S)c1. The number of thiocarbonyl (C=S) groups is 1. The highest BCUT2D eigenvalue weighted by Crippen LogP contribution is 2.23. The molecule has 0 aliphatic carbocycles. The highest BCUT2D eigenvalue weighted by Gasteiger charge is 2.11. The van der Waals surface area contributed by atoms with Crippen LogP contribution in [0.4, 0.5) is 0 Å². The second kappa shape index (κ2) is 7.24. The second-order valence-electron chi connectivity index (χ2n) is 5.03. The summed E-state index contributed by atoms with van der Waals surface area (Å²) in [6.07, 6.45) is 0.528. The van der Waals surface area contributed by atoms with Crippen LogP contribution in [0.2, 0.25) is 0 Å². The largest absolute Gasteiger partial charge is 0.483 e. The first-order valence-electron chi connectivity index (χ1n) is 6.54. The Labute approximate surface area is 125 Å². The number of hydrogen-bond donors (Lipinski definition) is 1. The summed E-state index contributed by atoms with van der Waals surface area (Å²) < 4.78 is 5.63. The van der Waals surface area contributed by atoms with E-state index in [1.165, 1.54) is 0 Å². The number of carbonyl (C=O) groups is 1. The van der Waals surface area contributed by atoms with Crippen molar-refractivity contribution < 1.29 is 9.53 Å². The molecule has 0 aromatic heterocycles. The van der Waals surface area contributed by atoms with Gasteiger partial charge in [-0.3, -0.25) is 4.79 Å². The highest BCUT2D eigenvalue weighted by atomic mass is 32.1. The highest BCUT2D eigenvalue weighted by molar-refractivity contribution is 7.80. The number of hydrogen-bond acceptors (Lipinski definition) is 3. The molecule has 0 spiro atoms. The number of nitrogens with zero attached hydrogens (tertiary/aromatic N) is 1. The van der Waals surface area contributed by atoms with Crippen LogP contribution in [-0.2, 0) is 4.79 Å². The summed E-state index contributed by atoms with van der Waals surface area (Å²) in [5.41, 5.74) is 8.77.